The van der Waals surface area contributed by atoms with Crippen LogP contribution in [0.15, 0.2) is 18.2 Å². The molecule has 3 nitrogen and oxygen atoms in total. The van der Waals surface area contributed by atoms with Crippen molar-refractivity contribution in [3.63, 3.8) is 0 Å². The van der Waals surface area contributed by atoms with Crippen molar-refractivity contribution >= 4 is 5.91 Å². The van der Waals surface area contributed by atoms with E-state index in [9.17, 15) is 9.18 Å². The summed E-state index contributed by atoms with van der Waals surface area (Å²) < 4.78 is 13.4. The van der Waals surface area contributed by atoms with Gasteiger partial charge in [0.1, 0.15) is 5.82 Å². The lowest BCUT2D eigenvalue weighted by Gasteiger charge is -2.07. The molecule has 1 aliphatic rings. The van der Waals surface area contributed by atoms with Crippen LogP contribution in [0.2, 0.25) is 0 Å². The second-order valence-corrected chi connectivity index (χ2v) is 5.33. The highest BCUT2D eigenvalue weighted by Gasteiger charge is 2.37. The van der Waals surface area contributed by atoms with Gasteiger partial charge in [-0.3, -0.25) is 4.79 Å². The van der Waals surface area contributed by atoms with Crippen LogP contribution in [0.3, 0.4) is 0 Å². The highest BCUT2D eigenvalue weighted by atomic mass is 19.1. The molecule has 1 fully saturated rings. The first-order valence-corrected chi connectivity index (χ1v) is 7.35. The smallest absolute Gasteiger partial charge is 0.252 e. The molecule has 2 unspecified atom stereocenters. The first kappa shape index (κ1) is 15.5. The number of amides is 1. The summed E-state index contributed by atoms with van der Waals surface area (Å²) in [6.45, 7) is 2.09. The third kappa shape index (κ3) is 4.30. The van der Waals surface area contributed by atoms with Crippen LogP contribution in [-0.2, 0) is 0 Å². The second kappa shape index (κ2) is 7.24. The largest absolute Gasteiger partial charge is 0.395 e. The fourth-order valence-corrected chi connectivity index (χ4v) is 2.39. The van der Waals surface area contributed by atoms with Gasteiger partial charge in [-0.1, -0.05) is 25.2 Å². The number of aliphatic hydroxyl groups excluding tert-OH is 1. The normalized spacial score (nSPS) is 19.6. The van der Waals surface area contributed by atoms with Gasteiger partial charge in [0, 0.05) is 18.0 Å². The Balaban J connectivity index is 2.09. The fraction of sp³-hybridized carbons (Fsp3) is 0.471. The van der Waals surface area contributed by atoms with E-state index in [0.29, 0.717) is 17.9 Å². The van der Waals surface area contributed by atoms with Gasteiger partial charge in [0.15, 0.2) is 0 Å². The van der Waals surface area contributed by atoms with Crippen LogP contribution in [0, 0.1) is 23.6 Å². The molecular weight excluding hydrogens is 269 g/mol. The van der Waals surface area contributed by atoms with E-state index in [1.165, 1.54) is 18.2 Å². The van der Waals surface area contributed by atoms with E-state index >= 15 is 0 Å². The monoisotopic (exact) mass is 289 g/mol. The highest BCUT2D eigenvalue weighted by Crippen LogP contribution is 2.34. The maximum atomic E-state index is 13.4. The van der Waals surface area contributed by atoms with Crippen molar-refractivity contribution in [3.05, 3.63) is 35.1 Å². The summed E-state index contributed by atoms with van der Waals surface area (Å²) in [4.78, 5) is 12.3. The number of carbonyl (C=O) groups is 1. The van der Waals surface area contributed by atoms with E-state index in [4.69, 9.17) is 5.11 Å². The number of carbonyl (C=O) groups excluding carboxylic acids is 1. The van der Waals surface area contributed by atoms with E-state index in [1.807, 2.05) is 0 Å². The summed E-state index contributed by atoms with van der Waals surface area (Å²) in [5.41, 5.74) is 0.762. The van der Waals surface area contributed by atoms with Gasteiger partial charge in [-0.25, -0.2) is 4.39 Å². The minimum atomic E-state index is -0.450. The van der Waals surface area contributed by atoms with Gasteiger partial charge in [0.25, 0.3) is 5.91 Å². The average molecular weight is 289 g/mol. The molecule has 1 aliphatic carbocycles. The van der Waals surface area contributed by atoms with Crippen LogP contribution in [0.1, 0.15) is 48.5 Å². The minimum absolute atomic E-state index is 0.0313. The van der Waals surface area contributed by atoms with Crippen LogP contribution >= 0.6 is 0 Å². The number of hydrogen-bond acceptors (Lipinski definition) is 2. The summed E-state index contributed by atoms with van der Waals surface area (Å²) in [5.74, 6) is 5.41. The molecule has 0 spiro atoms. The molecule has 112 valence electrons. The molecular formula is C17H20FNO2. The third-order valence-corrected chi connectivity index (χ3v) is 3.58. The number of aliphatic hydroxyl groups is 1. The van der Waals surface area contributed by atoms with Crippen LogP contribution in [-0.4, -0.2) is 23.7 Å². The molecule has 0 radical (unpaired) electrons. The number of hydrogen-bond donors (Lipinski definition) is 2. The quantitative estimate of drug-likeness (QED) is 0.818. The standard InChI is InChI=1S/C17H20FNO2/c1-2-5-13-10-16(13)19-17(21)15-11-14(18)8-7-12(15)6-3-4-9-20/h7-8,11,13,16,20H,2,4-5,9-10H2,1H3,(H,19,21). The van der Waals surface area contributed by atoms with Crippen LogP contribution < -0.4 is 5.32 Å². The molecule has 0 aliphatic heterocycles. The van der Waals surface area contributed by atoms with Gasteiger partial charge >= 0.3 is 0 Å². The first-order valence-electron chi connectivity index (χ1n) is 7.35. The zero-order valence-electron chi connectivity index (χ0n) is 12.2. The molecule has 2 rings (SSSR count). The Morgan fingerprint density at radius 2 is 2.33 bits per heavy atom. The van der Waals surface area contributed by atoms with Crippen molar-refractivity contribution in [2.45, 2.75) is 38.6 Å². The third-order valence-electron chi connectivity index (χ3n) is 3.58. The Morgan fingerprint density at radius 1 is 1.52 bits per heavy atom. The van der Waals surface area contributed by atoms with Crippen molar-refractivity contribution in [3.8, 4) is 11.8 Å². The molecule has 2 atom stereocenters. The maximum absolute atomic E-state index is 13.4. The van der Waals surface area contributed by atoms with E-state index in [-0.39, 0.29) is 24.1 Å². The fourth-order valence-electron chi connectivity index (χ4n) is 2.39. The predicted octanol–water partition coefficient (Wildman–Crippen LogP) is 2.48. The number of nitrogens with one attached hydrogen (secondary N) is 1. The Kier molecular flexibility index (Phi) is 5.35. The lowest BCUT2D eigenvalue weighted by molar-refractivity contribution is 0.0948. The topological polar surface area (TPSA) is 49.3 Å². The van der Waals surface area contributed by atoms with Gasteiger partial charge in [0.05, 0.1) is 12.2 Å². The molecule has 1 saturated carbocycles. The highest BCUT2D eigenvalue weighted by molar-refractivity contribution is 5.97. The summed E-state index contributed by atoms with van der Waals surface area (Å²) in [6, 6.07) is 4.22. The maximum Gasteiger partial charge on any atom is 0.252 e. The lowest BCUT2D eigenvalue weighted by Crippen LogP contribution is -2.27. The molecule has 0 saturated heterocycles. The molecule has 0 heterocycles. The van der Waals surface area contributed by atoms with Crippen molar-refractivity contribution in [1.82, 2.24) is 5.32 Å². The van der Waals surface area contributed by atoms with Gasteiger partial charge in [-0.15, -0.1) is 0 Å². The molecule has 2 N–H and O–H groups in total. The molecule has 1 amide bonds. The molecule has 0 bridgehead atoms. The number of halogens is 1. The summed E-state index contributed by atoms with van der Waals surface area (Å²) in [7, 11) is 0. The molecule has 0 aromatic heterocycles. The van der Waals surface area contributed by atoms with Gasteiger partial charge in [0.2, 0.25) is 0 Å². The van der Waals surface area contributed by atoms with Gasteiger partial charge in [-0.05, 0) is 37.0 Å². The minimum Gasteiger partial charge on any atom is -0.395 e. The van der Waals surface area contributed by atoms with Crippen molar-refractivity contribution in [1.29, 1.82) is 0 Å². The average Bonchev–Trinajstić information content (AvgIpc) is 3.19. The summed E-state index contributed by atoms with van der Waals surface area (Å²) in [5, 5.41) is 11.7. The van der Waals surface area contributed by atoms with Crippen LogP contribution in [0.5, 0.6) is 0 Å². The zero-order chi connectivity index (χ0) is 15.2. The Hall–Kier alpha value is -1.86. The second-order valence-electron chi connectivity index (χ2n) is 5.33. The summed E-state index contributed by atoms with van der Waals surface area (Å²) in [6.07, 6.45) is 3.55. The van der Waals surface area contributed by atoms with Crippen molar-refractivity contribution < 1.29 is 14.3 Å². The van der Waals surface area contributed by atoms with Crippen molar-refractivity contribution in [2.75, 3.05) is 6.61 Å². The predicted molar refractivity (Wildman–Crippen MR) is 79.3 cm³/mol. The van der Waals surface area contributed by atoms with E-state index in [1.54, 1.807) is 0 Å². The molecule has 1 aromatic rings. The Morgan fingerprint density at radius 3 is 3.05 bits per heavy atom. The lowest BCUT2D eigenvalue weighted by atomic mass is 10.1. The van der Waals surface area contributed by atoms with Crippen LogP contribution in [0.4, 0.5) is 4.39 Å². The molecule has 21 heavy (non-hydrogen) atoms. The van der Waals surface area contributed by atoms with Crippen LogP contribution in [0.25, 0.3) is 0 Å². The molecule has 1 aromatic carbocycles. The van der Waals surface area contributed by atoms with Crippen molar-refractivity contribution in [2.24, 2.45) is 5.92 Å². The van der Waals surface area contributed by atoms with Gasteiger partial charge < -0.3 is 10.4 Å². The van der Waals surface area contributed by atoms with Gasteiger partial charge in [-0.2, -0.15) is 0 Å². The SMILES string of the molecule is CCCC1CC1NC(=O)c1cc(F)ccc1C#CCCO. The first-order chi connectivity index (χ1) is 10.2. The zero-order valence-corrected chi connectivity index (χ0v) is 12.2. The Bertz CT molecular complexity index is 574. The van der Waals surface area contributed by atoms with E-state index in [2.05, 4.69) is 24.1 Å². The van der Waals surface area contributed by atoms with E-state index < -0.39 is 5.82 Å². The number of benzene rings is 1. The molecule has 4 heteroatoms. The Labute approximate surface area is 124 Å². The number of rotatable bonds is 5. The summed E-state index contributed by atoms with van der Waals surface area (Å²) >= 11 is 0. The van der Waals surface area contributed by atoms with E-state index in [0.717, 1.165) is 19.3 Å².